The maximum atomic E-state index is 12.2. The molecule has 2 N–H and O–H groups in total. The van der Waals surface area contributed by atoms with Gasteiger partial charge in [0.05, 0.1) is 12.0 Å². The Balaban J connectivity index is 1.39. The summed E-state index contributed by atoms with van der Waals surface area (Å²) in [6, 6.07) is 7.30. The lowest BCUT2D eigenvalue weighted by atomic mass is 10.2. The highest BCUT2D eigenvalue weighted by Gasteiger charge is 2.22. The molecule has 7 nitrogen and oxygen atoms in total. The normalized spacial score (nSPS) is 14.7. The van der Waals surface area contributed by atoms with Crippen molar-refractivity contribution in [2.75, 3.05) is 37.6 Å². The Morgan fingerprint density at radius 3 is 2.71 bits per heavy atom. The van der Waals surface area contributed by atoms with Gasteiger partial charge in [-0.3, -0.25) is 0 Å². The van der Waals surface area contributed by atoms with E-state index in [4.69, 9.17) is 0 Å². The van der Waals surface area contributed by atoms with Gasteiger partial charge in [-0.2, -0.15) is 0 Å². The lowest BCUT2D eigenvalue weighted by Gasteiger charge is -2.36. The van der Waals surface area contributed by atoms with Crippen molar-refractivity contribution in [1.29, 1.82) is 0 Å². The molecule has 1 aromatic carbocycles. The third-order valence-corrected chi connectivity index (χ3v) is 4.22. The number of piperazine rings is 1. The number of carbonyl (C=O) groups excluding carboxylic acids is 1. The zero-order valence-corrected chi connectivity index (χ0v) is 13.6. The maximum Gasteiger partial charge on any atom is 0.317 e. The summed E-state index contributed by atoms with van der Waals surface area (Å²) < 4.78 is 2.00. The number of imidazole rings is 1. The molecule has 2 heterocycles. The fourth-order valence-corrected chi connectivity index (χ4v) is 2.87. The number of rotatable bonds is 5. The molecule has 7 heteroatoms. The number of benzene rings is 1. The number of hydrogen-bond acceptors (Lipinski definition) is 4. The number of aryl methyl sites for hydroxylation is 1. The molecule has 3 rings (SSSR count). The van der Waals surface area contributed by atoms with Crippen molar-refractivity contribution in [2.45, 2.75) is 13.0 Å². The van der Waals surface area contributed by atoms with Crippen LogP contribution in [0.15, 0.2) is 43.0 Å². The summed E-state index contributed by atoms with van der Waals surface area (Å²) in [5.41, 5.74) is 0.831. The number of hydrogen-bond donors (Lipinski definition) is 2. The molecule has 1 saturated heterocycles. The number of para-hydroxylation sites is 2. The van der Waals surface area contributed by atoms with Crippen LogP contribution in [0.5, 0.6) is 5.75 Å². The van der Waals surface area contributed by atoms with Crippen LogP contribution in [-0.2, 0) is 6.54 Å². The Morgan fingerprint density at radius 2 is 2.00 bits per heavy atom. The van der Waals surface area contributed by atoms with Crippen LogP contribution in [0.25, 0.3) is 0 Å². The van der Waals surface area contributed by atoms with E-state index in [-0.39, 0.29) is 11.8 Å². The number of carbonyl (C=O) groups is 1. The summed E-state index contributed by atoms with van der Waals surface area (Å²) in [4.78, 5) is 20.1. The molecule has 1 aliphatic rings. The zero-order chi connectivity index (χ0) is 16.8. The number of phenols is 1. The van der Waals surface area contributed by atoms with E-state index in [1.807, 2.05) is 33.9 Å². The zero-order valence-electron chi connectivity index (χ0n) is 13.6. The molecule has 2 amide bonds. The number of aromatic hydroxyl groups is 1. The number of nitrogens with zero attached hydrogens (tertiary/aromatic N) is 4. The second kappa shape index (κ2) is 7.72. The van der Waals surface area contributed by atoms with Gasteiger partial charge >= 0.3 is 6.03 Å². The van der Waals surface area contributed by atoms with Gasteiger partial charge < -0.3 is 24.8 Å². The number of anilines is 1. The van der Waals surface area contributed by atoms with Gasteiger partial charge in [-0.15, -0.1) is 0 Å². The first-order valence-electron chi connectivity index (χ1n) is 8.25. The van der Waals surface area contributed by atoms with E-state index in [1.54, 1.807) is 18.6 Å². The van der Waals surface area contributed by atoms with Gasteiger partial charge in [-0.05, 0) is 18.6 Å². The van der Waals surface area contributed by atoms with Crippen LogP contribution < -0.4 is 10.2 Å². The van der Waals surface area contributed by atoms with Gasteiger partial charge in [0, 0.05) is 51.7 Å². The molecular weight excluding hydrogens is 306 g/mol. The minimum absolute atomic E-state index is 0.0161. The van der Waals surface area contributed by atoms with Gasteiger partial charge in [0.25, 0.3) is 0 Å². The Bertz CT molecular complexity index is 651. The van der Waals surface area contributed by atoms with Crippen LogP contribution in [0.2, 0.25) is 0 Å². The molecule has 2 aromatic rings. The first-order chi connectivity index (χ1) is 11.7. The molecule has 0 radical (unpaired) electrons. The van der Waals surface area contributed by atoms with Gasteiger partial charge in [0.2, 0.25) is 0 Å². The lowest BCUT2D eigenvalue weighted by molar-refractivity contribution is 0.194. The fourth-order valence-electron chi connectivity index (χ4n) is 2.87. The predicted molar refractivity (Wildman–Crippen MR) is 92.1 cm³/mol. The Morgan fingerprint density at radius 1 is 1.21 bits per heavy atom. The monoisotopic (exact) mass is 329 g/mol. The van der Waals surface area contributed by atoms with E-state index in [2.05, 4.69) is 15.2 Å². The van der Waals surface area contributed by atoms with E-state index in [9.17, 15) is 9.90 Å². The summed E-state index contributed by atoms with van der Waals surface area (Å²) in [5, 5.41) is 12.9. The largest absolute Gasteiger partial charge is 0.506 e. The maximum absolute atomic E-state index is 12.2. The number of phenolic OH excluding ortho intramolecular Hbond substituents is 1. The smallest absolute Gasteiger partial charge is 0.317 e. The summed E-state index contributed by atoms with van der Waals surface area (Å²) in [7, 11) is 0. The Kier molecular flexibility index (Phi) is 5.20. The molecule has 24 heavy (non-hydrogen) atoms. The number of urea groups is 1. The van der Waals surface area contributed by atoms with Crippen LogP contribution in [-0.4, -0.2) is 58.3 Å². The van der Waals surface area contributed by atoms with Crippen molar-refractivity contribution in [1.82, 2.24) is 19.8 Å². The van der Waals surface area contributed by atoms with Crippen molar-refractivity contribution in [2.24, 2.45) is 0 Å². The summed E-state index contributed by atoms with van der Waals surface area (Å²) in [6.07, 6.45) is 6.32. The van der Waals surface area contributed by atoms with Crippen LogP contribution >= 0.6 is 0 Å². The second-order valence-corrected chi connectivity index (χ2v) is 5.85. The van der Waals surface area contributed by atoms with Crippen LogP contribution in [0, 0.1) is 0 Å². The minimum atomic E-state index is -0.0161. The van der Waals surface area contributed by atoms with Gasteiger partial charge in [0.15, 0.2) is 0 Å². The Labute approximate surface area is 141 Å². The molecule has 1 aromatic heterocycles. The van der Waals surface area contributed by atoms with E-state index in [0.29, 0.717) is 19.6 Å². The topological polar surface area (TPSA) is 73.6 Å². The van der Waals surface area contributed by atoms with E-state index in [1.165, 1.54) is 0 Å². The Hall–Kier alpha value is -2.70. The number of nitrogens with one attached hydrogen (secondary N) is 1. The summed E-state index contributed by atoms with van der Waals surface area (Å²) in [5.74, 6) is 0.287. The van der Waals surface area contributed by atoms with Crippen molar-refractivity contribution < 1.29 is 9.90 Å². The van der Waals surface area contributed by atoms with Gasteiger partial charge in [-0.25, -0.2) is 9.78 Å². The molecule has 128 valence electrons. The molecule has 1 fully saturated rings. The van der Waals surface area contributed by atoms with Crippen LogP contribution in [0.3, 0.4) is 0 Å². The van der Waals surface area contributed by atoms with E-state index >= 15 is 0 Å². The highest BCUT2D eigenvalue weighted by atomic mass is 16.3. The third-order valence-electron chi connectivity index (χ3n) is 4.22. The molecule has 0 unspecified atom stereocenters. The lowest BCUT2D eigenvalue weighted by Crippen LogP contribution is -2.52. The number of amides is 2. The molecule has 0 aliphatic carbocycles. The van der Waals surface area contributed by atoms with Crippen LogP contribution in [0.4, 0.5) is 10.5 Å². The van der Waals surface area contributed by atoms with Crippen molar-refractivity contribution in [3.05, 3.63) is 43.0 Å². The quantitative estimate of drug-likeness (QED) is 0.816. The van der Waals surface area contributed by atoms with Crippen molar-refractivity contribution >= 4 is 11.7 Å². The first kappa shape index (κ1) is 16.2. The molecular formula is C17H23N5O2. The second-order valence-electron chi connectivity index (χ2n) is 5.85. The standard InChI is InChI=1S/C17H23N5O2/c23-16-5-2-1-4-15(16)21-10-12-22(13-11-21)17(24)19-6-3-8-20-9-7-18-14-20/h1-2,4-5,7,9,14,23H,3,6,8,10-13H2,(H,19,24). The molecule has 0 spiro atoms. The SMILES string of the molecule is O=C(NCCCn1ccnc1)N1CCN(c2ccccc2O)CC1. The van der Waals surface area contributed by atoms with E-state index in [0.717, 1.165) is 31.7 Å². The van der Waals surface area contributed by atoms with Gasteiger partial charge in [0.1, 0.15) is 5.75 Å². The molecule has 1 aliphatic heterocycles. The van der Waals surface area contributed by atoms with Gasteiger partial charge in [-0.1, -0.05) is 12.1 Å². The van der Waals surface area contributed by atoms with Crippen molar-refractivity contribution in [3.63, 3.8) is 0 Å². The summed E-state index contributed by atoms with van der Waals surface area (Å²) >= 11 is 0. The summed E-state index contributed by atoms with van der Waals surface area (Å²) in [6.45, 7) is 4.25. The first-order valence-corrected chi connectivity index (χ1v) is 8.25. The average Bonchev–Trinajstić information content (AvgIpc) is 3.13. The average molecular weight is 329 g/mol. The highest BCUT2D eigenvalue weighted by Crippen LogP contribution is 2.27. The third kappa shape index (κ3) is 3.98. The fraction of sp³-hybridized carbons (Fsp3) is 0.412. The number of aromatic nitrogens is 2. The van der Waals surface area contributed by atoms with Crippen LogP contribution in [0.1, 0.15) is 6.42 Å². The molecule has 0 atom stereocenters. The molecule has 0 bridgehead atoms. The van der Waals surface area contributed by atoms with Crippen molar-refractivity contribution in [3.8, 4) is 5.75 Å². The van der Waals surface area contributed by atoms with E-state index < -0.39 is 0 Å². The highest BCUT2D eigenvalue weighted by molar-refractivity contribution is 5.74. The minimum Gasteiger partial charge on any atom is -0.506 e. The predicted octanol–water partition coefficient (Wildman–Crippen LogP) is 1.51. The molecule has 0 saturated carbocycles.